The number of carbonyl (C=O) groups is 2. The molecule has 0 amide bonds. The minimum absolute atomic E-state index is 0.250. The molecule has 0 N–H and O–H groups in total. The van der Waals surface area contributed by atoms with E-state index in [1.807, 2.05) is 0 Å². The van der Waals surface area contributed by atoms with Crippen LogP contribution >= 0.6 is 0 Å². The molecule has 0 rings (SSSR count). The van der Waals surface area contributed by atoms with Gasteiger partial charge in [-0.15, -0.1) is 0 Å². The van der Waals surface area contributed by atoms with Gasteiger partial charge in [-0.25, -0.2) is 0 Å². The predicted octanol–water partition coefficient (Wildman–Crippen LogP) is 2.40. The van der Waals surface area contributed by atoms with E-state index < -0.39 is 11.9 Å². The van der Waals surface area contributed by atoms with Gasteiger partial charge in [0.15, 0.2) is 0 Å². The lowest BCUT2D eigenvalue weighted by Crippen LogP contribution is -2.11. The standard InChI is InChI=1S/2C5H13N.C5H8O3/c2*1-4-5-6(2)3;1-3-5(7)8-4(2)6/h2*4-5H2,1-3H3;3H2,1-2H3. The number of rotatable bonds is 5. The number of hydrogen-bond acceptors (Lipinski definition) is 5. The zero-order valence-corrected chi connectivity index (χ0v) is 14.7. The fraction of sp³-hybridized carbons (Fsp3) is 0.867. The van der Waals surface area contributed by atoms with E-state index >= 15 is 0 Å². The number of nitrogens with zero attached hydrogens (tertiary/aromatic N) is 2. The van der Waals surface area contributed by atoms with E-state index in [0.717, 1.165) is 0 Å². The zero-order chi connectivity index (χ0) is 16.6. The lowest BCUT2D eigenvalue weighted by Gasteiger charge is -2.03. The molecule has 0 aliphatic carbocycles. The molecule has 122 valence electrons. The second-order valence-corrected chi connectivity index (χ2v) is 4.93. The van der Waals surface area contributed by atoms with Crippen molar-refractivity contribution >= 4 is 11.9 Å². The molecule has 0 heterocycles. The van der Waals surface area contributed by atoms with Crippen LogP contribution in [-0.4, -0.2) is 63.0 Å². The molecule has 5 heteroatoms. The summed E-state index contributed by atoms with van der Waals surface area (Å²) in [6, 6.07) is 0. The molecule has 0 radical (unpaired) electrons. The number of hydrogen-bond donors (Lipinski definition) is 0. The molecular formula is C15H34N2O3. The predicted molar refractivity (Wildman–Crippen MR) is 84.8 cm³/mol. The summed E-state index contributed by atoms with van der Waals surface area (Å²) < 4.78 is 4.12. The van der Waals surface area contributed by atoms with Gasteiger partial charge in [0.1, 0.15) is 0 Å². The van der Waals surface area contributed by atoms with Gasteiger partial charge in [-0.05, 0) is 54.1 Å². The second kappa shape index (κ2) is 18.1. The van der Waals surface area contributed by atoms with Gasteiger partial charge in [0.05, 0.1) is 0 Å². The topological polar surface area (TPSA) is 49.9 Å². The molecule has 0 aliphatic heterocycles. The Labute approximate surface area is 125 Å². The van der Waals surface area contributed by atoms with Gasteiger partial charge >= 0.3 is 11.9 Å². The third kappa shape index (κ3) is 36.0. The maximum atomic E-state index is 10.2. The van der Waals surface area contributed by atoms with Crippen molar-refractivity contribution in [2.75, 3.05) is 41.3 Å². The summed E-state index contributed by atoms with van der Waals surface area (Å²) in [6.07, 6.45) is 2.76. The average molecular weight is 290 g/mol. The van der Waals surface area contributed by atoms with Crippen molar-refractivity contribution in [2.45, 2.75) is 47.0 Å². The van der Waals surface area contributed by atoms with Crippen molar-refractivity contribution in [2.24, 2.45) is 0 Å². The van der Waals surface area contributed by atoms with Crippen LogP contribution in [0.5, 0.6) is 0 Å². The number of esters is 2. The van der Waals surface area contributed by atoms with Gasteiger partial charge in [-0.3, -0.25) is 9.59 Å². The molecule has 0 atom stereocenters. The van der Waals surface area contributed by atoms with Crippen LogP contribution in [0, 0.1) is 0 Å². The Morgan fingerprint density at radius 2 is 1.20 bits per heavy atom. The SMILES string of the molecule is CCC(=O)OC(C)=O.CCCN(C)C.CCCN(C)C. The molecule has 0 aliphatic rings. The van der Waals surface area contributed by atoms with E-state index in [0.29, 0.717) is 0 Å². The van der Waals surface area contributed by atoms with Crippen LogP contribution in [0.25, 0.3) is 0 Å². The smallest absolute Gasteiger partial charge is 0.313 e. The summed E-state index contributed by atoms with van der Waals surface area (Å²) in [5, 5.41) is 0. The van der Waals surface area contributed by atoms with E-state index in [4.69, 9.17) is 0 Å². The van der Waals surface area contributed by atoms with E-state index in [1.165, 1.54) is 32.9 Å². The van der Waals surface area contributed by atoms with E-state index in [-0.39, 0.29) is 6.42 Å². The maximum absolute atomic E-state index is 10.2. The minimum atomic E-state index is -0.545. The molecule has 0 fully saturated rings. The highest BCUT2D eigenvalue weighted by Crippen LogP contribution is 1.83. The lowest BCUT2D eigenvalue weighted by atomic mass is 10.5. The van der Waals surface area contributed by atoms with Gasteiger partial charge in [0.2, 0.25) is 0 Å². The Kier molecular flexibility index (Phi) is 21.8. The van der Waals surface area contributed by atoms with Crippen molar-refractivity contribution < 1.29 is 14.3 Å². The Morgan fingerprint density at radius 3 is 1.25 bits per heavy atom. The van der Waals surface area contributed by atoms with Crippen LogP contribution in [0.4, 0.5) is 0 Å². The Bertz CT molecular complexity index is 219. The molecule has 0 spiro atoms. The van der Waals surface area contributed by atoms with Crippen LogP contribution in [0.2, 0.25) is 0 Å². The quantitative estimate of drug-likeness (QED) is 0.575. The largest absolute Gasteiger partial charge is 0.393 e. The van der Waals surface area contributed by atoms with Gasteiger partial charge < -0.3 is 14.5 Å². The van der Waals surface area contributed by atoms with Gasteiger partial charge in [0.25, 0.3) is 0 Å². The maximum Gasteiger partial charge on any atom is 0.313 e. The first kappa shape index (κ1) is 24.1. The first-order chi connectivity index (χ1) is 9.20. The second-order valence-electron chi connectivity index (χ2n) is 4.93. The van der Waals surface area contributed by atoms with E-state index in [9.17, 15) is 9.59 Å². The van der Waals surface area contributed by atoms with Crippen LogP contribution in [-0.2, 0) is 14.3 Å². The fourth-order valence-electron chi connectivity index (χ4n) is 1.13. The molecule has 5 nitrogen and oxygen atoms in total. The summed E-state index contributed by atoms with van der Waals surface area (Å²) in [5.41, 5.74) is 0. The molecule has 0 saturated carbocycles. The molecule has 0 unspecified atom stereocenters. The molecule has 0 bridgehead atoms. The van der Waals surface area contributed by atoms with E-state index in [1.54, 1.807) is 6.92 Å². The van der Waals surface area contributed by atoms with Gasteiger partial charge in [-0.1, -0.05) is 20.8 Å². The van der Waals surface area contributed by atoms with Crippen LogP contribution in [0.1, 0.15) is 47.0 Å². The van der Waals surface area contributed by atoms with Crippen molar-refractivity contribution in [3.63, 3.8) is 0 Å². The molecular weight excluding hydrogens is 256 g/mol. The van der Waals surface area contributed by atoms with Crippen LogP contribution < -0.4 is 0 Å². The van der Waals surface area contributed by atoms with Crippen molar-refractivity contribution in [1.82, 2.24) is 9.80 Å². The first-order valence-electron chi connectivity index (χ1n) is 7.21. The van der Waals surface area contributed by atoms with Crippen molar-refractivity contribution in [1.29, 1.82) is 0 Å². The van der Waals surface area contributed by atoms with E-state index in [2.05, 4.69) is 56.6 Å². The molecule has 20 heavy (non-hydrogen) atoms. The summed E-state index contributed by atoms with van der Waals surface area (Å²) in [6.45, 7) is 9.61. The summed E-state index contributed by atoms with van der Waals surface area (Å²) in [4.78, 5) is 24.5. The van der Waals surface area contributed by atoms with Gasteiger partial charge in [-0.2, -0.15) is 0 Å². The molecule has 0 saturated heterocycles. The van der Waals surface area contributed by atoms with Crippen molar-refractivity contribution in [3.8, 4) is 0 Å². The molecule has 0 aromatic carbocycles. The summed E-state index contributed by atoms with van der Waals surface area (Å²) >= 11 is 0. The molecule has 0 aromatic rings. The number of ether oxygens (including phenoxy) is 1. The van der Waals surface area contributed by atoms with Gasteiger partial charge in [0, 0.05) is 13.3 Å². The lowest BCUT2D eigenvalue weighted by molar-refractivity contribution is -0.157. The van der Waals surface area contributed by atoms with Crippen molar-refractivity contribution in [3.05, 3.63) is 0 Å². The Hall–Kier alpha value is -0.940. The van der Waals surface area contributed by atoms with Crippen LogP contribution in [0.15, 0.2) is 0 Å². The first-order valence-corrected chi connectivity index (χ1v) is 7.21. The Morgan fingerprint density at radius 1 is 0.850 bits per heavy atom. The highest BCUT2D eigenvalue weighted by atomic mass is 16.6. The third-order valence-corrected chi connectivity index (χ3v) is 1.89. The molecule has 0 aromatic heterocycles. The zero-order valence-electron chi connectivity index (χ0n) is 14.7. The fourth-order valence-corrected chi connectivity index (χ4v) is 1.13. The van der Waals surface area contributed by atoms with Crippen LogP contribution in [0.3, 0.4) is 0 Å². The monoisotopic (exact) mass is 290 g/mol. The highest BCUT2D eigenvalue weighted by molar-refractivity contribution is 5.83. The summed E-state index contributed by atoms with van der Waals surface area (Å²) in [7, 11) is 8.35. The average Bonchev–Trinajstić information content (AvgIpc) is 2.29. The minimum Gasteiger partial charge on any atom is -0.393 e. The summed E-state index contributed by atoms with van der Waals surface area (Å²) in [5.74, 6) is -1.02. The highest BCUT2D eigenvalue weighted by Gasteiger charge is 1.99. The third-order valence-electron chi connectivity index (χ3n) is 1.89. The Balaban J connectivity index is -0.000000221. The normalized spacial score (nSPS) is 9.30. The number of carbonyl (C=O) groups excluding carboxylic acids is 2.